The Kier molecular flexibility index (Phi) is 5.85. The van der Waals surface area contributed by atoms with Crippen molar-refractivity contribution in [2.75, 3.05) is 24.2 Å². The number of piperidine rings is 1. The van der Waals surface area contributed by atoms with Crippen LogP contribution in [0.4, 0.5) is 11.4 Å². The van der Waals surface area contributed by atoms with Crippen LogP contribution >= 0.6 is 11.6 Å². The first-order chi connectivity index (χ1) is 15.0. The van der Waals surface area contributed by atoms with E-state index in [0.717, 1.165) is 19.1 Å². The average molecular weight is 495 g/mol. The Labute approximate surface area is 193 Å². The van der Waals surface area contributed by atoms with Crippen molar-refractivity contribution in [1.82, 2.24) is 4.90 Å². The first kappa shape index (κ1) is 22.8. The molecule has 7 nitrogen and oxygen atoms in total. The van der Waals surface area contributed by atoms with Crippen molar-refractivity contribution < 1.29 is 21.6 Å². The summed E-state index contributed by atoms with van der Waals surface area (Å²) in [4.78, 5) is 16.2. The zero-order valence-corrected chi connectivity index (χ0v) is 20.0. The van der Waals surface area contributed by atoms with E-state index in [0.29, 0.717) is 35.4 Å². The van der Waals surface area contributed by atoms with E-state index in [4.69, 9.17) is 11.6 Å². The van der Waals surface area contributed by atoms with E-state index in [1.54, 1.807) is 21.9 Å². The van der Waals surface area contributed by atoms with Crippen LogP contribution in [0.2, 0.25) is 5.02 Å². The van der Waals surface area contributed by atoms with Crippen LogP contribution in [-0.4, -0.2) is 47.0 Å². The average Bonchev–Trinajstić information content (AvgIpc) is 2.73. The molecule has 1 amide bonds. The number of hydrogen-bond acceptors (Lipinski definition) is 6. The number of hydrogen-bond donors (Lipinski definition) is 0. The van der Waals surface area contributed by atoms with Gasteiger partial charge in [0.2, 0.25) is 9.84 Å². The molecule has 0 spiro atoms. The summed E-state index contributed by atoms with van der Waals surface area (Å²) in [6, 6.07) is 10.4. The van der Waals surface area contributed by atoms with Gasteiger partial charge in [-0.05, 0) is 61.2 Å². The Hall–Kier alpha value is -2.36. The van der Waals surface area contributed by atoms with Gasteiger partial charge in [-0.2, -0.15) is 0 Å². The number of amides is 1. The van der Waals surface area contributed by atoms with Crippen molar-refractivity contribution in [3.8, 4) is 0 Å². The van der Waals surface area contributed by atoms with E-state index in [1.165, 1.54) is 36.5 Å². The molecule has 0 radical (unpaired) electrons. The van der Waals surface area contributed by atoms with Crippen LogP contribution < -0.4 is 4.90 Å². The fourth-order valence-electron chi connectivity index (χ4n) is 3.89. The van der Waals surface area contributed by atoms with Crippen LogP contribution in [0.1, 0.15) is 19.8 Å². The fraction of sp³-hybridized carbons (Fsp3) is 0.318. The van der Waals surface area contributed by atoms with Gasteiger partial charge in [0, 0.05) is 36.3 Å². The number of rotatable bonds is 3. The molecule has 4 rings (SSSR count). The summed E-state index contributed by atoms with van der Waals surface area (Å²) in [5.41, 5.74) is 0.807. The first-order valence-corrected chi connectivity index (χ1v) is 13.9. The van der Waals surface area contributed by atoms with Gasteiger partial charge in [0.15, 0.2) is 14.7 Å². The molecular weight excluding hydrogens is 472 g/mol. The summed E-state index contributed by atoms with van der Waals surface area (Å²) in [5.74, 6) is -0.0426. The van der Waals surface area contributed by atoms with Gasteiger partial charge in [-0.3, -0.25) is 4.79 Å². The van der Waals surface area contributed by atoms with E-state index >= 15 is 0 Å². The fourth-order valence-corrected chi connectivity index (χ4v) is 6.20. The van der Waals surface area contributed by atoms with Crippen LogP contribution in [0.15, 0.2) is 63.4 Å². The summed E-state index contributed by atoms with van der Waals surface area (Å²) in [6.07, 6.45) is 4.06. The van der Waals surface area contributed by atoms with Crippen LogP contribution in [0.3, 0.4) is 0 Å². The van der Waals surface area contributed by atoms with Crippen molar-refractivity contribution in [3.05, 3.63) is 58.6 Å². The standard InChI is InChI=1S/C22H23ClN2O5S2/c1-15-9-11-24(12-10-15)22(26)21-14-25(17-4-6-18(7-5-17)31(2,27)28)19-13-16(23)3-8-20(19)32(21,29)30/h3-8,13-15H,9-12H2,1-2H3. The highest BCUT2D eigenvalue weighted by atomic mass is 35.5. The Morgan fingerprint density at radius 1 is 1.06 bits per heavy atom. The molecule has 2 aromatic carbocycles. The SMILES string of the molecule is CC1CCN(C(=O)C2=CN(c3ccc(S(C)(=O)=O)cc3)c3cc(Cl)ccc3S2(=O)=O)CC1. The van der Waals surface area contributed by atoms with Crippen molar-refractivity contribution in [2.45, 2.75) is 29.6 Å². The summed E-state index contributed by atoms with van der Waals surface area (Å²) in [7, 11) is -7.45. The number of nitrogens with zero attached hydrogens (tertiary/aromatic N) is 2. The predicted molar refractivity (Wildman–Crippen MR) is 123 cm³/mol. The molecule has 2 aliphatic rings. The van der Waals surface area contributed by atoms with E-state index < -0.39 is 25.6 Å². The van der Waals surface area contributed by atoms with Gasteiger partial charge in [-0.25, -0.2) is 16.8 Å². The lowest BCUT2D eigenvalue weighted by atomic mass is 9.99. The molecular formula is C22H23ClN2O5S2. The predicted octanol–water partition coefficient (Wildman–Crippen LogP) is 3.77. The van der Waals surface area contributed by atoms with Gasteiger partial charge in [-0.1, -0.05) is 18.5 Å². The number of anilines is 2. The third-order valence-corrected chi connectivity index (χ3v) is 8.98. The van der Waals surface area contributed by atoms with Crippen LogP contribution in [0.5, 0.6) is 0 Å². The third-order valence-electron chi connectivity index (χ3n) is 5.83. The molecule has 0 bridgehead atoms. The highest BCUT2D eigenvalue weighted by Crippen LogP contribution is 2.41. The van der Waals surface area contributed by atoms with Crippen LogP contribution in [0.25, 0.3) is 0 Å². The minimum atomic E-state index is -4.06. The number of carbonyl (C=O) groups is 1. The Morgan fingerprint density at radius 3 is 2.28 bits per heavy atom. The van der Waals surface area contributed by atoms with Crippen LogP contribution in [0, 0.1) is 5.92 Å². The molecule has 2 aliphatic heterocycles. The lowest BCUT2D eigenvalue weighted by Crippen LogP contribution is -2.41. The van der Waals surface area contributed by atoms with Gasteiger partial charge in [0.1, 0.15) is 0 Å². The maximum atomic E-state index is 13.4. The Bertz CT molecular complexity index is 1310. The Morgan fingerprint density at radius 2 is 1.69 bits per heavy atom. The molecule has 1 fully saturated rings. The van der Waals surface area contributed by atoms with Crippen molar-refractivity contribution >= 4 is 48.6 Å². The molecule has 1 saturated heterocycles. The molecule has 0 saturated carbocycles. The van der Waals surface area contributed by atoms with Gasteiger partial charge >= 0.3 is 0 Å². The minimum Gasteiger partial charge on any atom is -0.338 e. The highest BCUT2D eigenvalue weighted by molar-refractivity contribution is 7.96. The Balaban J connectivity index is 1.83. The summed E-state index contributed by atoms with van der Waals surface area (Å²) < 4.78 is 50.4. The maximum Gasteiger partial charge on any atom is 0.267 e. The lowest BCUT2D eigenvalue weighted by Gasteiger charge is -2.33. The highest BCUT2D eigenvalue weighted by Gasteiger charge is 2.38. The van der Waals surface area contributed by atoms with E-state index in [9.17, 15) is 21.6 Å². The number of fused-ring (bicyclic) bond motifs is 1. The number of likely N-dealkylation sites (tertiary alicyclic amines) is 1. The molecule has 2 heterocycles. The molecule has 0 aliphatic carbocycles. The first-order valence-electron chi connectivity index (χ1n) is 10.1. The summed E-state index contributed by atoms with van der Waals surface area (Å²) in [5, 5.41) is 0.338. The second-order valence-corrected chi connectivity index (χ2v) is 12.6. The van der Waals surface area contributed by atoms with Crippen LogP contribution in [-0.2, 0) is 24.5 Å². The number of carbonyl (C=O) groups excluding carboxylic acids is 1. The second-order valence-electron chi connectivity index (χ2n) is 8.22. The van der Waals surface area contributed by atoms with E-state index in [-0.39, 0.29) is 14.7 Å². The zero-order valence-electron chi connectivity index (χ0n) is 17.7. The molecule has 170 valence electrons. The third kappa shape index (κ3) is 4.16. The molecule has 32 heavy (non-hydrogen) atoms. The molecule has 10 heteroatoms. The van der Waals surface area contributed by atoms with Crippen molar-refractivity contribution in [3.63, 3.8) is 0 Å². The largest absolute Gasteiger partial charge is 0.338 e. The van der Waals surface area contributed by atoms with Gasteiger partial charge in [0.05, 0.1) is 15.5 Å². The summed E-state index contributed by atoms with van der Waals surface area (Å²) >= 11 is 6.15. The monoisotopic (exact) mass is 494 g/mol. The zero-order chi connectivity index (χ0) is 23.3. The maximum absolute atomic E-state index is 13.4. The smallest absolute Gasteiger partial charge is 0.267 e. The molecule has 0 unspecified atom stereocenters. The number of halogens is 1. The molecule has 0 atom stereocenters. The quantitative estimate of drug-likeness (QED) is 0.645. The van der Waals surface area contributed by atoms with Gasteiger partial charge < -0.3 is 9.80 Å². The van der Waals surface area contributed by atoms with Crippen molar-refractivity contribution in [2.24, 2.45) is 5.92 Å². The second kappa shape index (κ2) is 8.20. The summed E-state index contributed by atoms with van der Waals surface area (Å²) in [6.45, 7) is 3.12. The molecule has 0 N–H and O–H groups in total. The lowest BCUT2D eigenvalue weighted by molar-refractivity contribution is -0.127. The number of benzene rings is 2. The van der Waals surface area contributed by atoms with E-state index in [2.05, 4.69) is 6.92 Å². The molecule has 2 aromatic rings. The minimum absolute atomic E-state index is 0.0229. The molecule has 0 aromatic heterocycles. The van der Waals surface area contributed by atoms with E-state index in [1.807, 2.05) is 0 Å². The van der Waals surface area contributed by atoms with Gasteiger partial charge in [0.25, 0.3) is 5.91 Å². The number of sulfone groups is 2. The topological polar surface area (TPSA) is 91.8 Å². The van der Waals surface area contributed by atoms with Gasteiger partial charge in [-0.15, -0.1) is 0 Å². The van der Waals surface area contributed by atoms with Crippen molar-refractivity contribution in [1.29, 1.82) is 0 Å². The normalized spacial score (nSPS) is 18.8.